The van der Waals surface area contributed by atoms with E-state index < -0.39 is 0 Å². The monoisotopic (exact) mass is 322 g/mol. The van der Waals surface area contributed by atoms with Crippen LogP contribution in [0.25, 0.3) is 11.1 Å². The summed E-state index contributed by atoms with van der Waals surface area (Å²) in [4.78, 5) is 10.9. The molecule has 2 rings (SSSR count). The quantitative estimate of drug-likeness (QED) is 0.389. The SMILES string of the molecule is CC(=O)Oc1ccc(-c2ccc(C#CCCCC(C)O)cc2)cc1. The molecule has 0 aliphatic heterocycles. The number of unbranched alkanes of at least 4 members (excludes halogenated alkanes) is 1. The molecule has 1 N–H and O–H groups in total. The Morgan fingerprint density at radius 2 is 1.67 bits per heavy atom. The summed E-state index contributed by atoms with van der Waals surface area (Å²) >= 11 is 0. The first kappa shape index (κ1) is 17.8. The van der Waals surface area contributed by atoms with Crippen molar-refractivity contribution in [2.24, 2.45) is 0 Å². The summed E-state index contributed by atoms with van der Waals surface area (Å²) in [6.07, 6.45) is 2.25. The molecule has 0 aliphatic carbocycles. The van der Waals surface area contributed by atoms with E-state index >= 15 is 0 Å². The van der Waals surface area contributed by atoms with E-state index in [1.54, 1.807) is 19.1 Å². The number of hydrogen-bond acceptors (Lipinski definition) is 3. The summed E-state index contributed by atoms with van der Waals surface area (Å²) in [5, 5.41) is 9.19. The predicted molar refractivity (Wildman–Crippen MR) is 95.6 cm³/mol. The fraction of sp³-hybridized carbons (Fsp3) is 0.286. The van der Waals surface area contributed by atoms with Gasteiger partial charge in [-0.3, -0.25) is 4.79 Å². The first-order valence-corrected chi connectivity index (χ1v) is 8.10. The minimum absolute atomic E-state index is 0.252. The van der Waals surface area contributed by atoms with Gasteiger partial charge in [0.05, 0.1) is 6.10 Å². The maximum atomic E-state index is 10.9. The van der Waals surface area contributed by atoms with Crippen LogP contribution in [0.4, 0.5) is 0 Å². The molecule has 0 heterocycles. The summed E-state index contributed by atoms with van der Waals surface area (Å²) in [6, 6.07) is 15.5. The molecule has 2 aromatic rings. The molecule has 2 aromatic carbocycles. The Balaban J connectivity index is 1.96. The van der Waals surface area contributed by atoms with Crippen molar-refractivity contribution < 1.29 is 14.6 Å². The fourth-order valence-corrected chi connectivity index (χ4v) is 2.28. The number of benzene rings is 2. The van der Waals surface area contributed by atoms with Crippen molar-refractivity contribution in [3.63, 3.8) is 0 Å². The van der Waals surface area contributed by atoms with Crippen LogP contribution in [-0.2, 0) is 4.79 Å². The van der Waals surface area contributed by atoms with Gasteiger partial charge in [-0.2, -0.15) is 0 Å². The second kappa shape index (κ2) is 8.90. The Kier molecular flexibility index (Phi) is 6.60. The van der Waals surface area contributed by atoms with Crippen LogP contribution in [0.5, 0.6) is 5.75 Å². The zero-order chi connectivity index (χ0) is 17.4. The van der Waals surface area contributed by atoms with Crippen LogP contribution in [0.3, 0.4) is 0 Å². The van der Waals surface area contributed by atoms with Crippen LogP contribution in [0.1, 0.15) is 38.7 Å². The highest BCUT2D eigenvalue weighted by Gasteiger charge is 2.01. The molecule has 124 valence electrons. The molecule has 3 heteroatoms. The van der Waals surface area contributed by atoms with Crippen LogP contribution in [-0.4, -0.2) is 17.2 Å². The molecule has 0 aliphatic rings. The minimum Gasteiger partial charge on any atom is -0.427 e. The third-order valence-electron chi connectivity index (χ3n) is 3.49. The maximum Gasteiger partial charge on any atom is 0.308 e. The van der Waals surface area contributed by atoms with Gasteiger partial charge in [0.15, 0.2) is 0 Å². The lowest BCUT2D eigenvalue weighted by atomic mass is 10.0. The maximum absolute atomic E-state index is 10.9. The van der Waals surface area contributed by atoms with Gasteiger partial charge >= 0.3 is 5.97 Å². The minimum atomic E-state index is -0.320. The van der Waals surface area contributed by atoms with E-state index in [0.29, 0.717) is 5.75 Å². The number of carbonyl (C=O) groups excluding carboxylic acids is 1. The fourth-order valence-electron chi connectivity index (χ4n) is 2.28. The Labute approximate surface area is 143 Å². The molecule has 0 aromatic heterocycles. The highest BCUT2D eigenvalue weighted by atomic mass is 16.5. The molecular weight excluding hydrogens is 300 g/mol. The lowest BCUT2D eigenvalue weighted by Crippen LogP contribution is -2.00. The molecule has 0 saturated carbocycles. The van der Waals surface area contributed by atoms with Gasteiger partial charge in [-0.05, 0) is 55.2 Å². The van der Waals surface area contributed by atoms with Gasteiger partial charge in [0.1, 0.15) is 5.75 Å². The predicted octanol–water partition coefficient (Wildman–Crippen LogP) is 4.18. The van der Waals surface area contributed by atoms with E-state index in [1.165, 1.54) is 6.92 Å². The molecule has 0 spiro atoms. The molecule has 24 heavy (non-hydrogen) atoms. The standard InChI is InChI=1S/C21H22O3/c1-16(22)6-4-3-5-7-18-8-10-19(11-9-18)20-12-14-21(15-13-20)24-17(2)23/h8-16,22H,3-4,6H2,1-2H3. The molecule has 1 atom stereocenters. The largest absolute Gasteiger partial charge is 0.427 e. The van der Waals surface area contributed by atoms with Gasteiger partial charge in [0, 0.05) is 18.9 Å². The van der Waals surface area contributed by atoms with Crippen molar-refractivity contribution in [2.45, 2.75) is 39.2 Å². The van der Waals surface area contributed by atoms with E-state index in [-0.39, 0.29) is 12.1 Å². The summed E-state index contributed by atoms with van der Waals surface area (Å²) < 4.78 is 5.03. The normalized spacial score (nSPS) is 11.3. The van der Waals surface area contributed by atoms with Gasteiger partial charge in [-0.15, -0.1) is 0 Å². The van der Waals surface area contributed by atoms with Crippen molar-refractivity contribution in [1.29, 1.82) is 0 Å². The average molecular weight is 322 g/mol. The molecule has 0 bridgehead atoms. The summed E-state index contributed by atoms with van der Waals surface area (Å²) in [7, 11) is 0. The van der Waals surface area contributed by atoms with Crippen LogP contribution in [0.2, 0.25) is 0 Å². The first-order valence-electron chi connectivity index (χ1n) is 8.10. The molecular formula is C21H22O3. The number of carbonyl (C=O) groups is 1. The third-order valence-corrected chi connectivity index (χ3v) is 3.49. The molecule has 0 radical (unpaired) electrons. The van der Waals surface area contributed by atoms with Gasteiger partial charge < -0.3 is 9.84 Å². The highest BCUT2D eigenvalue weighted by molar-refractivity contribution is 5.70. The van der Waals surface area contributed by atoms with E-state index in [2.05, 4.69) is 11.8 Å². The van der Waals surface area contributed by atoms with Gasteiger partial charge in [-0.1, -0.05) is 36.1 Å². The van der Waals surface area contributed by atoms with Crippen LogP contribution < -0.4 is 4.74 Å². The van der Waals surface area contributed by atoms with E-state index in [1.807, 2.05) is 36.4 Å². The van der Waals surface area contributed by atoms with Crippen molar-refractivity contribution >= 4 is 5.97 Å². The average Bonchev–Trinajstić information content (AvgIpc) is 2.55. The molecule has 0 saturated heterocycles. The van der Waals surface area contributed by atoms with Crippen molar-refractivity contribution in [2.75, 3.05) is 0 Å². The summed E-state index contributed by atoms with van der Waals surface area (Å²) in [5.74, 6) is 6.50. The number of rotatable bonds is 5. The van der Waals surface area contributed by atoms with Gasteiger partial charge in [-0.25, -0.2) is 0 Å². The van der Waals surface area contributed by atoms with Gasteiger partial charge in [0.2, 0.25) is 0 Å². The molecule has 1 unspecified atom stereocenters. The van der Waals surface area contributed by atoms with Crippen LogP contribution in [0.15, 0.2) is 48.5 Å². The number of aliphatic hydroxyl groups excluding tert-OH is 1. The van der Waals surface area contributed by atoms with Gasteiger partial charge in [0.25, 0.3) is 0 Å². The van der Waals surface area contributed by atoms with Crippen LogP contribution in [0, 0.1) is 11.8 Å². The second-order valence-electron chi connectivity index (χ2n) is 5.74. The summed E-state index contributed by atoms with van der Waals surface area (Å²) in [5.41, 5.74) is 3.12. The van der Waals surface area contributed by atoms with E-state index in [9.17, 15) is 9.90 Å². The lowest BCUT2D eigenvalue weighted by molar-refractivity contribution is -0.131. The van der Waals surface area contributed by atoms with Crippen LogP contribution >= 0.6 is 0 Å². The number of esters is 1. The molecule has 3 nitrogen and oxygen atoms in total. The number of aliphatic hydroxyl groups is 1. The second-order valence-corrected chi connectivity index (χ2v) is 5.74. The summed E-state index contributed by atoms with van der Waals surface area (Å²) in [6.45, 7) is 3.18. The molecule has 0 amide bonds. The Morgan fingerprint density at radius 1 is 1.08 bits per heavy atom. The zero-order valence-corrected chi connectivity index (χ0v) is 14.1. The van der Waals surface area contributed by atoms with E-state index in [4.69, 9.17) is 4.74 Å². The van der Waals surface area contributed by atoms with E-state index in [0.717, 1.165) is 36.0 Å². The Hall–Kier alpha value is -2.57. The topological polar surface area (TPSA) is 46.5 Å². The smallest absolute Gasteiger partial charge is 0.308 e. The third kappa shape index (κ3) is 5.91. The van der Waals surface area contributed by atoms with Crippen molar-refractivity contribution in [3.8, 4) is 28.7 Å². The van der Waals surface area contributed by atoms with Crippen molar-refractivity contribution in [1.82, 2.24) is 0 Å². The Morgan fingerprint density at radius 3 is 2.21 bits per heavy atom. The molecule has 0 fully saturated rings. The number of ether oxygens (including phenoxy) is 1. The highest BCUT2D eigenvalue weighted by Crippen LogP contribution is 2.22. The Bertz CT molecular complexity index is 716. The first-order chi connectivity index (χ1) is 11.5. The lowest BCUT2D eigenvalue weighted by Gasteiger charge is -2.04. The number of hydrogen-bond donors (Lipinski definition) is 1. The van der Waals surface area contributed by atoms with Crippen molar-refractivity contribution in [3.05, 3.63) is 54.1 Å². The zero-order valence-electron chi connectivity index (χ0n) is 14.1.